The van der Waals surface area contributed by atoms with Gasteiger partial charge in [0.25, 0.3) is 5.91 Å². The van der Waals surface area contributed by atoms with Gasteiger partial charge in [-0.3, -0.25) is 9.69 Å². The average molecular weight is 466 g/mol. The number of carbonyl (C=O) groups excluding carboxylic acids is 2. The van der Waals surface area contributed by atoms with Crippen LogP contribution in [0.25, 0.3) is 0 Å². The number of rotatable bonds is 10. The summed E-state index contributed by atoms with van der Waals surface area (Å²) in [5.74, 6) is -0.766. The molecule has 2 aromatic rings. The topological polar surface area (TPSA) is 96.0 Å². The Hall–Kier alpha value is -2.60. The maximum Gasteiger partial charge on any atom is 0.322 e. The van der Waals surface area contributed by atoms with Gasteiger partial charge in [0, 0.05) is 45.2 Å². The number of morpholine rings is 1. The smallest absolute Gasteiger partial charge is 0.322 e. The minimum Gasteiger partial charge on any atom is -0.383 e. The summed E-state index contributed by atoms with van der Waals surface area (Å²) in [5.41, 5.74) is 0.410. The second-order valence-corrected chi connectivity index (χ2v) is 8.10. The number of thiazole rings is 1. The van der Waals surface area contributed by atoms with Crippen molar-refractivity contribution < 1.29 is 23.5 Å². The number of urea groups is 1. The van der Waals surface area contributed by atoms with Crippen molar-refractivity contribution >= 4 is 29.0 Å². The lowest BCUT2D eigenvalue weighted by molar-refractivity contribution is 0.0383. The van der Waals surface area contributed by atoms with Gasteiger partial charge in [0.15, 0.2) is 0 Å². The first-order chi connectivity index (χ1) is 15.6. The molecular formula is C21H28FN5O4S. The van der Waals surface area contributed by atoms with E-state index >= 15 is 0 Å². The van der Waals surface area contributed by atoms with E-state index in [1.165, 1.54) is 35.5 Å². The van der Waals surface area contributed by atoms with Crippen LogP contribution in [0.1, 0.15) is 15.5 Å². The van der Waals surface area contributed by atoms with E-state index in [1.54, 1.807) is 17.5 Å². The SMILES string of the molecule is COCCN(Cc1nc(C(=O)NCCN2CCOCC2)cs1)C(=O)Nc1ccccc1F. The van der Waals surface area contributed by atoms with E-state index in [1.807, 2.05) is 0 Å². The minimum atomic E-state index is -0.516. The van der Waals surface area contributed by atoms with Crippen LogP contribution in [0.5, 0.6) is 0 Å². The van der Waals surface area contributed by atoms with Gasteiger partial charge >= 0.3 is 6.03 Å². The Labute approximate surface area is 190 Å². The Morgan fingerprint density at radius 2 is 2.09 bits per heavy atom. The fourth-order valence-corrected chi connectivity index (χ4v) is 3.89. The highest BCUT2D eigenvalue weighted by Gasteiger charge is 2.19. The normalized spacial score (nSPS) is 14.2. The highest BCUT2D eigenvalue weighted by Crippen LogP contribution is 2.16. The molecule has 0 bridgehead atoms. The number of methoxy groups -OCH3 is 1. The van der Waals surface area contributed by atoms with Crippen LogP contribution in [0, 0.1) is 5.82 Å². The van der Waals surface area contributed by atoms with Crippen molar-refractivity contribution in [1.82, 2.24) is 20.1 Å². The summed E-state index contributed by atoms with van der Waals surface area (Å²) in [6.45, 7) is 5.22. The summed E-state index contributed by atoms with van der Waals surface area (Å²) in [4.78, 5) is 33.2. The van der Waals surface area contributed by atoms with Crippen LogP contribution in [0.4, 0.5) is 14.9 Å². The maximum absolute atomic E-state index is 13.9. The number of carbonyl (C=O) groups is 2. The van der Waals surface area contributed by atoms with Crippen LogP contribution >= 0.6 is 11.3 Å². The van der Waals surface area contributed by atoms with Gasteiger partial charge in [-0.05, 0) is 12.1 Å². The summed E-state index contributed by atoms with van der Waals surface area (Å²) in [6.07, 6.45) is 0. The molecular weight excluding hydrogens is 437 g/mol. The highest BCUT2D eigenvalue weighted by molar-refractivity contribution is 7.09. The molecule has 1 aromatic carbocycles. The summed E-state index contributed by atoms with van der Waals surface area (Å²) < 4.78 is 24.3. The number of amides is 3. The summed E-state index contributed by atoms with van der Waals surface area (Å²) >= 11 is 1.29. The van der Waals surface area contributed by atoms with Crippen LogP contribution < -0.4 is 10.6 Å². The van der Waals surface area contributed by atoms with Gasteiger partial charge in [-0.15, -0.1) is 11.3 Å². The number of aromatic nitrogens is 1. The standard InChI is InChI=1S/C21H28FN5O4S/c1-30-11-10-27(21(29)25-17-5-3-2-4-16(17)22)14-19-24-18(15-32-19)20(28)23-6-7-26-8-12-31-13-9-26/h2-5,15H,6-14H2,1H3,(H,23,28)(H,25,29). The summed E-state index contributed by atoms with van der Waals surface area (Å²) in [5, 5.41) is 7.71. The molecule has 0 saturated carbocycles. The van der Waals surface area contributed by atoms with E-state index in [0.717, 1.165) is 19.6 Å². The maximum atomic E-state index is 13.9. The number of hydrogen-bond donors (Lipinski definition) is 2. The zero-order valence-corrected chi connectivity index (χ0v) is 18.8. The molecule has 0 unspecified atom stereocenters. The van der Waals surface area contributed by atoms with Gasteiger partial charge in [0.2, 0.25) is 0 Å². The number of anilines is 1. The second-order valence-electron chi connectivity index (χ2n) is 7.16. The van der Waals surface area contributed by atoms with Crippen LogP contribution in [0.3, 0.4) is 0 Å². The van der Waals surface area contributed by atoms with E-state index in [9.17, 15) is 14.0 Å². The molecule has 0 radical (unpaired) electrons. The average Bonchev–Trinajstić information content (AvgIpc) is 3.27. The van der Waals surface area contributed by atoms with Crippen molar-refractivity contribution in [3.05, 3.63) is 46.2 Å². The van der Waals surface area contributed by atoms with Crippen LogP contribution in [0.2, 0.25) is 0 Å². The van der Waals surface area contributed by atoms with Crippen molar-refractivity contribution in [2.24, 2.45) is 0 Å². The fourth-order valence-electron chi connectivity index (χ4n) is 3.10. The number of halogens is 1. The van der Waals surface area contributed by atoms with Crippen LogP contribution in [-0.2, 0) is 16.0 Å². The lowest BCUT2D eigenvalue weighted by Crippen LogP contribution is -2.41. The molecule has 3 amide bonds. The molecule has 174 valence electrons. The van der Waals surface area contributed by atoms with Crippen LogP contribution in [-0.4, -0.2) is 86.4 Å². The van der Waals surface area contributed by atoms with Gasteiger partial charge in [-0.25, -0.2) is 14.2 Å². The Bertz CT molecular complexity index is 891. The van der Waals surface area contributed by atoms with Crippen molar-refractivity contribution in [2.45, 2.75) is 6.54 Å². The van der Waals surface area contributed by atoms with Gasteiger partial charge < -0.3 is 25.0 Å². The molecule has 2 N–H and O–H groups in total. The molecule has 9 nitrogen and oxygen atoms in total. The van der Waals surface area contributed by atoms with Gasteiger partial charge in [0.05, 0.1) is 32.1 Å². The van der Waals surface area contributed by atoms with Crippen molar-refractivity contribution in [2.75, 3.05) is 65.0 Å². The highest BCUT2D eigenvalue weighted by atomic mass is 32.1. The molecule has 1 aromatic heterocycles. The lowest BCUT2D eigenvalue weighted by Gasteiger charge is -2.26. The van der Waals surface area contributed by atoms with Gasteiger partial charge in [-0.2, -0.15) is 0 Å². The molecule has 0 atom stereocenters. The third-order valence-electron chi connectivity index (χ3n) is 4.90. The third-order valence-corrected chi connectivity index (χ3v) is 5.73. The first-order valence-corrected chi connectivity index (χ1v) is 11.3. The minimum absolute atomic E-state index is 0.0967. The third kappa shape index (κ3) is 7.23. The van der Waals surface area contributed by atoms with E-state index in [-0.39, 0.29) is 24.7 Å². The van der Waals surface area contributed by atoms with E-state index in [2.05, 4.69) is 20.5 Å². The fraction of sp³-hybridized carbons (Fsp3) is 0.476. The predicted molar refractivity (Wildman–Crippen MR) is 119 cm³/mol. The van der Waals surface area contributed by atoms with Crippen molar-refractivity contribution in [1.29, 1.82) is 0 Å². The zero-order chi connectivity index (χ0) is 22.8. The molecule has 3 rings (SSSR count). The number of benzene rings is 1. The van der Waals surface area contributed by atoms with Crippen LogP contribution in [0.15, 0.2) is 29.6 Å². The Kier molecular flexibility index (Phi) is 9.35. The molecule has 1 aliphatic rings. The number of hydrogen-bond acceptors (Lipinski definition) is 7. The summed E-state index contributed by atoms with van der Waals surface area (Å²) in [7, 11) is 1.54. The molecule has 0 aliphatic carbocycles. The number of nitrogens with zero attached hydrogens (tertiary/aromatic N) is 3. The Balaban J connectivity index is 1.54. The molecule has 1 aliphatic heterocycles. The first kappa shape index (κ1) is 24.1. The van der Waals surface area contributed by atoms with Crippen molar-refractivity contribution in [3.63, 3.8) is 0 Å². The molecule has 32 heavy (non-hydrogen) atoms. The summed E-state index contributed by atoms with van der Waals surface area (Å²) in [6, 6.07) is 5.49. The monoisotopic (exact) mass is 465 g/mol. The van der Waals surface area contributed by atoms with Gasteiger partial charge in [-0.1, -0.05) is 12.1 Å². The van der Waals surface area contributed by atoms with Gasteiger partial charge in [0.1, 0.15) is 16.5 Å². The second kappa shape index (κ2) is 12.4. The lowest BCUT2D eigenvalue weighted by atomic mass is 10.3. The zero-order valence-electron chi connectivity index (χ0n) is 18.0. The van der Waals surface area contributed by atoms with Crippen molar-refractivity contribution in [3.8, 4) is 0 Å². The number of ether oxygens (including phenoxy) is 2. The number of para-hydroxylation sites is 1. The molecule has 1 saturated heterocycles. The van der Waals surface area contributed by atoms with E-state index in [4.69, 9.17) is 9.47 Å². The quantitative estimate of drug-likeness (QED) is 0.558. The number of nitrogens with one attached hydrogen (secondary N) is 2. The molecule has 1 fully saturated rings. The molecule has 11 heteroatoms. The van der Waals surface area contributed by atoms with E-state index < -0.39 is 11.8 Å². The largest absolute Gasteiger partial charge is 0.383 e. The molecule has 0 spiro atoms. The van der Waals surface area contributed by atoms with E-state index in [0.29, 0.717) is 37.1 Å². The molecule has 2 heterocycles. The Morgan fingerprint density at radius 3 is 2.84 bits per heavy atom. The first-order valence-electron chi connectivity index (χ1n) is 10.4. The predicted octanol–water partition coefficient (Wildman–Crippen LogP) is 2.02. The Morgan fingerprint density at radius 1 is 1.31 bits per heavy atom.